The van der Waals surface area contributed by atoms with Crippen LogP contribution in [-0.4, -0.2) is 8.42 Å². The highest BCUT2D eigenvalue weighted by Gasteiger charge is 2.34. The van der Waals surface area contributed by atoms with Gasteiger partial charge in [0.1, 0.15) is 5.58 Å². The summed E-state index contributed by atoms with van der Waals surface area (Å²) in [6, 6.07) is 14.3. The van der Waals surface area contributed by atoms with Gasteiger partial charge in [-0.25, -0.2) is 17.9 Å². The van der Waals surface area contributed by atoms with E-state index in [1.807, 2.05) is 0 Å². The average Bonchev–Trinajstić information content (AvgIpc) is 2.82. The molecule has 1 N–H and O–H groups in total. The lowest BCUT2D eigenvalue weighted by molar-refractivity contribution is -0.138. The minimum atomic E-state index is -4.77. The summed E-state index contributed by atoms with van der Waals surface area (Å²) in [7, 11) is -4.15. The van der Waals surface area contributed by atoms with Gasteiger partial charge in [0, 0.05) is 18.0 Å². The van der Waals surface area contributed by atoms with Crippen molar-refractivity contribution in [3.63, 3.8) is 0 Å². The van der Waals surface area contributed by atoms with Crippen LogP contribution >= 0.6 is 0 Å². The van der Waals surface area contributed by atoms with Gasteiger partial charge in [-0.05, 0) is 53.4 Å². The van der Waals surface area contributed by atoms with E-state index in [2.05, 4.69) is 4.72 Å². The van der Waals surface area contributed by atoms with Crippen LogP contribution < -0.4 is 10.3 Å². The van der Waals surface area contributed by atoms with Gasteiger partial charge in [-0.15, -0.1) is 0 Å². The summed E-state index contributed by atoms with van der Waals surface area (Å²) in [6.45, 7) is -0.575. The molecule has 5 nitrogen and oxygen atoms in total. The zero-order chi connectivity index (χ0) is 27.0. The average molecular weight is 541 g/mol. The topological polar surface area (TPSA) is 76.4 Å². The van der Waals surface area contributed by atoms with Crippen molar-refractivity contribution in [1.82, 2.24) is 4.72 Å². The fourth-order valence-electron chi connectivity index (χ4n) is 3.78. The zero-order valence-electron chi connectivity index (χ0n) is 18.7. The van der Waals surface area contributed by atoms with Crippen molar-refractivity contribution in [3.05, 3.63) is 111 Å². The van der Waals surface area contributed by atoms with Crippen molar-refractivity contribution >= 4 is 21.0 Å². The van der Waals surface area contributed by atoms with Gasteiger partial charge in [-0.2, -0.15) is 26.3 Å². The molecule has 3 aromatic carbocycles. The fraction of sp³-hybridized carbons (Fsp3) is 0.160. The predicted molar refractivity (Wildman–Crippen MR) is 122 cm³/mol. The van der Waals surface area contributed by atoms with Crippen LogP contribution in [0.25, 0.3) is 11.0 Å². The van der Waals surface area contributed by atoms with Gasteiger partial charge in [-0.1, -0.05) is 36.4 Å². The Bertz CT molecular complexity index is 1610. The van der Waals surface area contributed by atoms with Crippen molar-refractivity contribution in [1.29, 1.82) is 0 Å². The second kappa shape index (κ2) is 9.67. The fourth-order valence-corrected chi connectivity index (χ4v) is 4.79. The lowest BCUT2D eigenvalue weighted by Crippen LogP contribution is -2.24. The molecule has 194 valence electrons. The van der Waals surface area contributed by atoms with E-state index >= 15 is 0 Å². The van der Waals surface area contributed by atoms with E-state index in [0.717, 1.165) is 6.07 Å². The van der Waals surface area contributed by atoms with Crippen LogP contribution in [0.15, 0.2) is 86.9 Å². The van der Waals surface area contributed by atoms with Crippen LogP contribution in [0, 0.1) is 0 Å². The Balaban J connectivity index is 1.53. The van der Waals surface area contributed by atoms with Crippen molar-refractivity contribution < 1.29 is 39.2 Å². The first-order chi connectivity index (χ1) is 17.2. The summed E-state index contributed by atoms with van der Waals surface area (Å²) in [6.07, 6.45) is -9.27. The number of hydrogen-bond acceptors (Lipinski definition) is 4. The van der Waals surface area contributed by atoms with E-state index in [4.69, 9.17) is 4.42 Å². The van der Waals surface area contributed by atoms with Crippen LogP contribution in [0.2, 0.25) is 0 Å². The SMILES string of the molecule is O=c1cc(C(F)(F)F)c2cc(Cc3ccc(S(=O)(=O)NCc4ccccc4C(F)(F)F)cc3)ccc2o1. The standard InChI is InChI=1S/C25H17F6NO4S/c26-24(27,28)20-4-2-1-3-17(20)14-32-37(34,35)18-8-5-15(6-9-18)11-16-7-10-22-19(12-16)21(25(29,30)31)13-23(33)36-22/h1-10,12-13,32H,11,14H2. The maximum absolute atomic E-state index is 13.4. The van der Waals surface area contributed by atoms with Crippen molar-refractivity contribution in [2.45, 2.75) is 30.2 Å². The van der Waals surface area contributed by atoms with Gasteiger partial charge in [0.15, 0.2) is 0 Å². The smallest absolute Gasteiger partial charge is 0.417 e. The lowest BCUT2D eigenvalue weighted by atomic mass is 10.0. The third-order valence-electron chi connectivity index (χ3n) is 5.53. The molecular weight excluding hydrogens is 524 g/mol. The number of rotatable bonds is 6. The monoisotopic (exact) mass is 541 g/mol. The Labute approximate surface area is 206 Å². The first-order valence-corrected chi connectivity index (χ1v) is 12.1. The molecule has 0 saturated heterocycles. The summed E-state index contributed by atoms with van der Waals surface area (Å²) in [5.74, 6) is 0. The summed E-state index contributed by atoms with van der Waals surface area (Å²) < 4.78 is 112. The Morgan fingerprint density at radius 2 is 1.38 bits per heavy atom. The molecule has 0 atom stereocenters. The minimum Gasteiger partial charge on any atom is -0.423 e. The molecule has 37 heavy (non-hydrogen) atoms. The molecule has 0 saturated carbocycles. The van der Waals surface area contributed by atoms with Gasteiger partial charge in [0.2, 0.25) is 10.0 Å². The molecule has 0 unspecified atom stereocenters. The number of benzene rings is 3. The third kappa shape index (κ3) is 6.03. The van der Waals surface area contributed by atoms with Gasteiger partial charge in [0.25, 0.3) is 0 Å². The number of nitrogens with one attached hydrogen (secondary N) is 1. The zero-order valence-corrected chi connectivity index (χ0v) is 19.5. The number of hydrogen-bond donors (Lipinski definition) is 1. The van der Waals surface area contributed by atoms with E-state index in [9.17, 15) is 39.6 Å². The largest absolute Gasteiger partial charge is 0.423 e. The molecule has 0 aliphatic heterocycles. The maximum atomic E-state index is 13.4. The van der Waals surface area contributed by atoms with E-state index in [1.165, 1.54) is 60.7 Å². The summed E-state index contributed by atoms with van der Waals surface area (Å²) in [4.78, 5) is 11.3. The molecule has 0 amide bonds. The molecular formula is C25H17F6NO4S. The van der Waals surface area contributed by atoms with E-state index < -0.39 is 45.7 Å². The Morgan fingerprint density at radius 3 is 2.03 bits per heavy atom. The molecule has 0 aliphatic rings. The molecule has 1 heterocycles. The molecule has 0 fully saturated rings. The molecule has 12 heteroatoms. The second-order valence-corrected chi connectivity index (χ2v) is 9.87. The molecule has 0 spiro atoms. The molecule has 0 radical (unpaired) electrons. The first kappa shape index (κ1) is 26.4. The molecule has 1 aromatic heterocycles. The van der Waals surface area contributed by atoms with Crippen LogP contribution in [0.3, 0.4) is 0 Å². The highest BCUT2D eigenvalue weighted by Crippen LogP contribution is 2.34. The maximum Gasteiger partial charge on any atom is 0.417 e. The van der Waals surface area contributed by atoms with Crippen molar-refractivity contribution in [3.8, 4) is 0 Å². The van der Waals surface area contributed by atoms with Gasteiger partial charge >= 0.3 is 18.0 Å². The van der Waals surface area contributed by atoms with E-state index in [-0.39, 0.29) is 27.8 Å². The predicted octanol–water partition coefficient (Wildman–Crippen LogP) is 5.90. The molecule has 0 bridgehead atoms. The van der Waals surface area contributed by atoms with Crippen LogP contribution in [-0.2, 0) is 35.3 Å². The summed E-state index contributed by atoms with van der Waals surface area (Å²) in [5.41, 5.74) is -2.64. The highest BCUT2D eigenvalue weighted by atomic mass is 32.2. The third-order valence-corrected chi connectivity index (χ3v) is 6.95. The second-order valence-electron chi connectivity index (χ2n) is 8.11. The summed E-state index contributed by atoms with van der Waals surface area (Å²) >= 11 is 0. The Morgan fingerprint density at radius 1 is 0.757 bits per heavy atom. The van der Waals surface area contributed by atoms with Gasteiger partial charge in [0.05, 0.1) is 16.0 Å². The highest BCUT2D eigenvalue weighted by molar-refractivity contribution is 7.89. The summed E-state index contributed by atoms with van der Waals surface area (Å²) in [5, 5.41) is -0.285. The van der Waals surface area contributed by atoms with Crippen LogP contribution in [0.5, 0.6) is 0 Å². The number of fused-ring (bicyclic) bond motifs is 1. The number of alkyl halides is 6. The first-order valence-electron chi connectivity index (χ1n) is 10.6. The quantitative estimate of drug-likeness (QED) is 0.244. The van der Waals surface area contributed by atoms with E-state index in [0.29, 0.717) is 17.2 Å². The van der Waals surface area contributed by atoms with Gasteiger partial charge < -0.3 is 4.42 Å². The van der Waals surface area contributed by atoms with Crippen LogP contribution in [0.1, 0.15) is 27.8 Å². The molecule has 4 rings (SSSR count). The Hall–Kier alpha value is -3.64. The molecule has 0 aliphatic carbocycles. The molecule has 4 aromatic rings. The Kier molecular flexibility index (Phi) is 6.91. The van der Waals surface area contributed by atoms with E-state index in [1.54, 1.807) is 0 Å². The number of halogens is 6. The van der Waals surface area contributed by atoms with Crippen molar-refractivity contribution in [2.75, 3.05) is 0 Å². The number of sulfonamides is 1. The lowest BCUT2D eigenvalue weighted by Gasteiger charge is -2.13. The minimum absolute atomic E-state index is 0.138. The van der Waals surface area contributed by atoms with Crippen molar-refractivity contribution in [2.24, 2.45) is 0 Å². The van der Waals surface area contributed by atoms with Gasteiger partial charge in [-0.3, -0.25) is 0 Å². The normalized spacial score (nSPS) is 12.7. The van der Waals surface area contributed by atoms with Crippen LogP contribution in [0.4, 0.5) is 26.3 Å².